The van der Waals surface area contributed by atoms with Gasteiger partial charge in [0.2, 0.25) is 0 Å². The molecule has 23 heavy (non-hydrogen) atoms. The molecule has 0 spiro atoms. The van der Waals surface area contributed by atoms with E-state index in [1.165, 1.54) is 0 Å². The second kappa shape index (κ2) is 5.79. The highest BCUT2D eigenvalue weighted by atomic mass is 32.1. The van der Waals surface area contributed by atoms with Gasteiger partial charge in [-0.15, -0.1) is 11.3 Å². The topological polar surface area (TPSA) is 57.8 Å². The van der Waals surface area contributed by atoms with Gasteiger partial charge in [-0.3, -0.25) is 9.69 Å². The van der Waals surface area contributed by atoms with E-state index in [-0.39, 0.29) is 6.04 Å². The van der Waals surface area contributed by atoms with Crippen LogP contribution in [0.25, 0.3) is 16.2 Å². The molecule has 1 N–H and O–H groups in total. The Morgan fingerprint density at radius 2 is 2.26 bits per heavy atom. The number of aliphatic carboxylic acids is 1. The number of nitrogens with zero attached hydrogens (tertiary/aromatic N) is 3. The summed E-state index contributed by atoms with van der Waals surface area (Å²) in [6.07, 6.45) is 3.66. The van der Waals surface area contributed by atoms with E-state index in [9.17, 15) is 9.90 Å². The zero-order valence-corrected chi connectivity index (χ0v) is 13.4. The van der Waals surface area contributed by atoms with Crippen molar-refractivity contribution in [3.05, 3.63) is 47.6 Å². The predicted molar refractivity (Wildman–Crippen MR) is 89.6 cm³/mol. The summed E-state index contributed by atoms with van der Waals surface area (Å²) < 4.78 is 2.08. The Hall–Kier alpha value is -2.18. The number of carboxylic acids is 1. The second-order valence-electron chi connectivity index (χ2n) is 5.78. The number of carboxylic acid groups (broad SMARTS) is 1. The number of aromatic nitrogens is 2. The molecule has 1 aliphatic rings. The van der Waals surface area contributed by atoms with Crippen molar-refractivity contribution in [1.29, 1.82) is 0 Å². The minimum atomic E-state index is -0.728. The number of hydrogen-bond donors (Lipinski definition) is 1. The molecule has 3 aromatic heterocycles. The van der Waals surface area contributed by atoms with Crippen LogP contribution in [0.1, 0.15) is 18.5 Å². The molecule has 0 saturated carbocycles. The minimum Gasteiger partial charge on any atom is -0.480 e. The fourth-order valence-corrected chi connectivity index (χ4v) is 4.03. The molecule has 6 heteroatoms. The first-order chi connectivity index (χ1) is 11.2. The van der Waals surface area contributed by atoms with Crippen molar-refractivity contribution in [2.45, 2.75) is 25.4 Å². The van der Waals surface area contributed by atoms with E-state index in [0.29, 0.717) is 6.54 Å². The Labute approximate surface area is 137 Å². The van der Waals surface area contributed by atoms with Crippen LogP contribution in [0.2, 0.25) is 0 Å². The van der Waals surface area contributed by atoms with Crippen LogP contribution in [-0.2, 0) is 11.3 Å². The van der Waals surface area contributed by atoms with Crippen LogP contribution in [-0.4, -0.2) is 37.9 Å². The summed E-state index contributed by atoms with van der Waals surface area (Å²) in [5, 5.41) is 11.5. The van der Waals surface area contributed by atoms with E-state index in [1.807, 2.05) is 35.8 Å². The van der Waals surface area contributed by atoms with Crippen molar-refractivity contribution >= 4 is 23.0 Å². The molecule has 0 bridgehead atoms. The Balaban J connectivity index is 1.79. The van der Waals surface area contributed by atoms with Crippen LogP contribution >= 0.6 is 11.3 Å². The van der Waals surface area contributed by atoms with Crippen molar-refractivity contribution in [3.63, 3.8) is 0 Å². The van der Waals surface area contributed by atoms with E-state index in [2.05, 4.69) is 15.4 Å². The third-order valence-electron chi connectivity index (χ3n) is 4.39. The number of imidazole rings is 1. The van der Waals surface area contributed by atoms with E-state index >= 15 is 0 Å². The van der Waals surface area contributed by atoms with Crippen molar-refractivity contribution < 1.29 is 9.90 Å². The van der Waals surface area contributed by atoms with Gasteiger partial charge in [0.15, 0.2) is 0 Å². The van der Waals surface area contributed by atoms with Gasteiger partial charge in [0.05, 0.1) is 10.6 Å². The summed E-state index contributed by atoms with van der Waals surface area (Å²) in [7, 11) is 0. The van der Waals surface area contributed by atoms with Crippen LogP contribution in [0.4, 0.5) is 0 Å². The lowest BCUT2D eigenvalue weighted by Crippen LogP contribution is -2.35. The quantitative estimate of drug-likeness (QED) is 0.800. The van der Waals surface area contributed by atoms with Gasteiger partial charge in [-0.1, -0.05) is 12.1 Å². The highest BCUT2D eigenvalue weighted by molar-refractivity contribution is 7.13. The summed E-state index contributed by atoms with van der Waals surface area (Å²) in [6, 6.07) is 9.63. The van der Waals surface area contributed by atoms with Crippen molar-refractivity contribution in [2.24, 2.45) is 0 Å². The summed E-state index contributed by atoms with van der Waals surface area (Å²) >= 11 is 1.66. The van der Waals surface area contributed by atoms with E-state index in [1.54, 1.807) is 11.3 Å². The van der Waals surface area contributed by atoms with Gasteiger partial charge in [-0.25, -0.2) is 4.98 Å². The standard InChI is InChI=1S/C17H17N3O2S/c21-17(22)12-5-3-8-19(12)11-13-16(14-6-4-10-23-14)18-15-7-1-2-9-20(13)15/h1-2,4,6-7,9-10,12H,3,5,8,11H2,(H,21,22)/t12-/m1/s1. The average Bonchev–Trinajstić information content (AvgIpc) is 3.27. The third-order valence-corrected chi connectivity index (χ3v) is 5.26. The van der Waals surface area contributed by atoms with Crippen LogP contribution in [0.15, 0.2) is 41.9 Å². The SMILES string of the molecule is O=C(O)[C@H]1CCCN1Cc1c(-c2cccs2)nc2ccccn12. The largest absolute Gasteiger partial charge is 0.480 e. The van der Waals surface area contributed by atoms with Gasteiger partial charge >= 0.3 is 5.97 Å². The smallest absolute Gasteiger partial charge is 0.320 e. The van der Waals surface area contributed by atoms with Gasteiger partial charge in [-0.05, 0) is 43.0 Å². The van der Waals surface area contributed by atoms with Gasteiger partial charge in [0.1, 0.15) is 17.4 Å². The molecule has 1 saturated heterocycles. The predicted octanol–water partition coefficient (Wildman–Crippen LogP) is 3.11. The number of pyridine rings is 1. The molecule has 1 fully saturated rings. The number of carbonyl (C=O) groups is 1. The Kier molecular flexibility index (Phi) is 3.63. The number of fused-ring (bicyclic) bond motifs is 1. The zero-order chi connectivity index (χ0) is 15.8. The first-order valence-electron chi connectivity index (χ1n) is 7.71. The van der Waals surface area contributed by atoms with Crippen LogP contribution in [0, 0.1) is 0 Å². The van der Waals surface area contributed by atoms with E-state index < -0.39 is 5.97 Å². The molecule has 3 aromatic rings. The lowest BCUT2D eigenvalue weighted by molar-refractivity contribution is -0.142. The van der Waals surface area contributed by atoms with E-state index in [0.717, 1.165) is 41.3 Å². The zero-order valence-electron chi connectivity index (χ0n) is 12.6. The van der Waals surface area contributed by atoms with Crippen molar-refractivity contribution in [3.8, 4) is 10.6 Å². The maximum atomic E-state index is 11.5. The molecule has 0 unspecified atom stereocenters. The fourth-order valence-electron chi connectivity index (χ4n) is 3.30. The highest BCUT2D eigenvalue weighted by Gasteiger charge is 2.31. The molecule has 0 aromatic carbocycles. The molecule has 1 atom stereocenters. The monoisotopic (exact) mass is 327 g/mol. The first-order valence-corrected chi connectivity index (χ1v) is 8.58. The van der Waals surface area contributed by atoms with Gasteiger partial charge in [0, 0.05) is 12.7 Å². The summed E-state index contributed by atoms with van der Waals surface area (Å²) in [5.41, 5.74) is 2.93. The summed E-state index contributed by atoms with van der Waals surface area (Å²) in [5.74, 6) is -0.728. The van der Waals surface area contributed by atoms with Gasteiger partial charge < -0.3 is 9.51 Å². The molecule has 4 rings (SSSR count). The van der Waals surface area contributed by atoms with Crippen LogP contribution < -0.4 is 0 Å². The lowest BCUT2D eigenvalue weighted by Gasteiger charge is -2.21. The number of thiophene rings is 1. The molecule has 1 aliphatic heterocycles. The fraction of sp³-hybridized carbons (Fsp3) is 0.294. The highest BCUT2D eigenvalue weighted by Crippen LogP contribution is 2.31. The molecule has 0 radical (unpaired) electrons. The number of rotatable bonds is 4. The molecule has 4 heterocycles. The van der Waals surface area contributed by atoms with Crippen molar-refractivity contribution in [1.82, 2.24) is 14.3 Å². The van der Waals surface area contributed by atoms with Crippen molar-refractivity contribution in [2.75, 3.05) is 6.54 Å². The molecular weight excluding hydrogens is 310 g/mol. The second-order valence-corrected chi connectivity index (χ2v) is 6.73. The molecule has 5 nitrogen and oxygen atoms in total. The molecule has 0 aliphatic carbocycles. The lowest BCUT2D eigenvalue weighted by atomic mass is 10.2. The van der Waals surface area contributed by atoms with Crippen LogP contribution in [0.3, 0.4) is 0 Å². The van der Waals surface area contributed by atoms with E-state index in [4.69, 9.17) is 4.98 Å². The number of hydrogen-bond acceptors (Lipinski definition) is 4. The van der Waals surface area contributed by atoms with Gasteiger partial charge in [0.25, 0.3) is 0 Å². The summed E-state index contributed by atoms with van der Waals surface area (Å²) in [4.78, 5) is 19.4. The van der Waals surface area contributed by atoms with Gasteiger partial charge in [-0.2, -0.15) is 0 Å². The summed E-state index contributed by atoms with van der Waals surface area (Å²) in [6.45, 7) is 1.43. The maximum Gasteiger partial charge on any atom is 0.320 e. The number of likely N-dealkylation sites (tertiary alicyclic amines) is 1. The molecule has 0 amide bonds. The Morgan fingerprint density at radius 3 is 3.04 bits per heavy atom. The first kappa shape index (κ1) is 14.4. The molecular formula is C17H17N3O2S. The Bertz CT molecular complexity index is 841. The minimum absolute atomic E-state index is 0.388. The average molecular weight is 327 g/mol. The van der Waals surface area contributed by atoms with Crippen LogP contribution in [0.5, 0.6) is 0 Å². The normalized spacial score (nSPS) is 18.7. The Morgan fingerprint density at radius 1 is 1.35 bits per heavy atom. The third kappa shape index (κ3) is 2.54. The maximum absolute atomic E-state index is 11.5. The molecule has 118 valence electrons.